The van der Waals surface area contributed by atoms with E-state index in [1.807, 2.05) is 6.92 Å². The van der Waals surface area contributed by atoms with Crippen LogP contribution >= 0.6 is 46.1 Å². The summed E-state index contributed by atoms with van der Waals surface area (Å²) in [5.41, 5.74) is 0. The van der Waals surface area contributed by atoms with Crippen molar-refractivity contribution in [3.05, 3.63) is 19.8 Å². The molecular weight excluding hydrogens is 210 g/mol. The van der Waals surface area contributed by atoms with Crippen molar-refractivity contribution in [1.82, 2.24) is 0 Å². The van der Waals surface area contributed by atoms with Crippen molar-refractivity contribution in [2.45, 2.75) is 12.8 Å². The molecule has 1 aromatic heterocycles. The molecule has 0 saturated carbocycles. The van der Waals surface area contributed by atoms with Crippen LogP contribution in [0.4, 0.5) is 0 Å². The van der Waals surface area contributed by atoms with Gasteiger partial charge in [0.25, 0.3) is 0 Å². The molecule has 56 valence electrons. The van der Waals surface area contributed by atoms with Gasteiger partial charge in [-0.3, -0.25) is 0 Å². The smallest absolute Gasteiger partial charge is 0.0746 e. The zero-order valence-electron chi connectivity index (χ0n) is 5.25. The summed E-state index contributed by atoms with van der Waals surface area (Å²) < 4.78 is 0. The first kappa shape index (κ1) is 8.66. The van der Waals surface area contributed by atoms with Crippen molar-refractivity contribution >= 4 is 46.1 Å². The summed E-state index contributed by atoms with van der Waals surface area (Å²) >= 11 is 18.7. The van der Waals surface area contributed by atoms with E-state index in [0.717, 1.165) is 9.75 Å². The predicted octanol–water partition coefficient (Wildman–Crippen LogP) is 4.10. The third-order valence-corrected chi connectivity index (χ3v) is 3.89. The number of thiophene rings is 1. The van der Waals surface area contributed by atoms with Gasteiger partial charge in [-0.1, -0.05) is 23.2 Å². The van der Waals surface area contributed by atoms with Gasteiger partial charge < -0.3 is 0 Å². The van der Waals surface area contributed by atoms with Crippen LogP contribution in [0, 0.1) is 6.92 Å². The molecule has 1 aromatic rings. The van der Waals surface area contributed by atoms with E-state index in [4.69, 9.17) is 34.8 Å². The molecule has 0 spiro atoms. The van der Waals surface area contributed by atoms with Gasteiger partial charge in [0.05, 0.1) is 15.9 Å². The quantitative estimate of drug-likeness (QED) is 0.619. The highest BCUT2D eigenvalue weighted by atomic mass is 35.5. The molecule has 10 heavy (non-hydrogen) atoms. The lowest BCUT2D eigenvalue weighted by Crippen LogP contribution is -1.66. The Labute approximate surface area is 78.7 Å². The second-order valence-corrected chi connectivity index (χ2v) is 4.18. The van der Waals surface area contributed by atoms with Gasteiger partial charge in [-0.15, -0.1) is 22.9 Å². The van der Waals surface area contributed by atoms with Crippen LogP contribution in [0.25, 0.3) is 0 Å². The maximum absolute atomic E-state index is 5.81. The number of hydrogen-bond donors (Lipinski definition) is 0. The second-order valence-electron chi connectivity index (χ2n) is 1.84. The SMILES string of the molecule is Cc1sc(CCl)c(Cl)c1Cl. The minimum absolute atomic E-state index is 0.442. The van der Waals surface area contributed by atoms with E-state index in [9.17, 15) is 0 Å². The summed E-state index contributed by atoms with van der Waals surface area (Å²) in [6.07, 6.45) is 0. The van der Waals surface area contributed by atoms with Gasteiger partial charge in [-0.2, -0.15) is 0 Å². The third kappa shape index (κ3) is 1.42. The first-order valence-corrected chi connectivity index (χ1v) is 4.76. The average molecular weight is 216 g/mol. The average Bonchev–Trinajstić information content (AvgIpc) is 2.17. The topological polar surface area (TPSA) is 0 Å². The monoisotopic (exact) mass is 214 g/mol. The molecule has 0 saturated heterocycles. The number of alkyl halides is 1. The van der Waals surface area contributed by atoms with Crippen molar-refractivity contribution in [2.75, 3.05) is 0 Å². The minimum Gasteiger partial charge on any atom is -0.141 e. The molecule has 0 fully saturated rings. The summed E-state index contributed by atoms with van der Waals surface area (Å²) in [6.45, 7) is 1.93. The molecule has 0 N–H and O–H groups in total. The van der Waals surface area contributed by atoms with Gasteiger partial charge in [0.1, 0.15) is 0 Å². The fourth-order valence-electron chi connectivity index (χ4n) is 0.637. The van der Waals surface area contributed by atoms with Gasteiger partial charge >= 0.3 is 0 Å². The predicted molar refractivity (Wildman–Crippen MR) is 48.6 cm³/mol. The summed E-state index contributed by atoms with van der Waals surface area (Å²) in [7, 11) is 0. The summed E-state index contributed by atoms with van der Waals surface area (Å²) in [5, 5.41) is 1.25. The van der Waals surface area contributed by atoms with Crippen LogP contribution in [0.15, 0.2) is 0 Å². The van der Waals surface area contributed by atoms with E-state index in [1.54, 1.807) is 11.3 Å². The molecule has 1 rings (SSSR count). The van der Waals surface area contributed by atoms with Crippen LogP contribution in [0.3, 0.4) is 0 Å². The lowest BCUT2D eigenvalue weighted by molar-refractivity contribution is 1.53. The van der Waals surface area contributed by atoms with Crippen LogP contribution < -0.4 is 0 Å². The molecule has 0 radical (unpaired) electrons. The normalized spacial score (nSPS) is 10.4. The van der Waals surface area contributed by atoms with E-state index in [-0.39, 0.29) is 0 Å². The maximum Gasteiger partial charge on any atom is 0.0746 e. The largest absolute Gasteiger partial charge is 0.141 e. The minimum atomic E-state index is 0.442. The number of aryl methyl sites for hydroxylation is 1. The van der Waals surface area contributed by atoms with Crippen LogP contribution in [-0.2, 0) is 5.88 Å². The molecule has 0 aliphatic rings. The molecule has 0 aliphatic carbocycles. The highest BCUT2D eigenvalue weighted by Crippen LogP contribution is 2.36. The molecule has 0 nitrogen and oxygen atoms in total. The standard InChI is InChI=1S/C6H5Cl3S/c1-3-5(8)6(9)4(2-7)10-3/h2H2,1H3. The summed E-state index contributed by atoms with van der Waals surface area (Å²) in [6, 6.07) is 0. The molecule has 0 bridgehead atoms. The number of rotatable bonds is 1. The first-order valence-electron chi connectivity index (χ1n) is 2.66. The van der Waals surface area contributed by atoms with E-state index >= 15 is 0 Å². The Balaban J connectivity index is 3.17. The fraction of sp³-hybridized carbons (Fsp3) is 0.333. The van der Waals surface area contributed by atoms with Crippen LogP contribution in [0.1, 0.15) is 9.75 Å². The summed E-state index contributed by atoms with van der Waals surface area (Å²) in [5.74, 6) is 0.442. The van der Waals surface area contributed by atoms with Crippen molar-refractivity contribution in [2.24, 2.45) is 0 Å². The van der Waals surface area contributed by atoms with Crippen molar-refractivity contribution in [3.8, 4) is 0 Å². The Kier molecular flexibility index (Phi) is 2.87. The van der Waals surface area contributed by atoms with Crippen LogP contribution in [-0.4, -0.2) is 0 Å². The zero-order valence-corrected chi connectivity index (χ0v) is 8.33. The molecule has 0 aliphatic heterocycles. The van der Waals surface area contributed by atoms with Gasteiger partial charge in [0.2, 0.25) is 0 Å². The third-order valence-electron chi connectivity index (χ3n) is 1.14. The molecule has 4 heteroatoms. The lowest BCUT2D eigenvalue weighted by atomic mass is 10.4. The van der Waals surface area contributed by atoms with Gasteiger partial charge in [-0.25, -0.2) is 0 Å². The molecule has 0 unspecified atom stereocenters. The van der Waals surface area contributed by atoms with Gasteiger partial charge in [0, 0.05) is 9.75 Å². The van der Waals surface area contributed by atoms with Gasteiger partial charge in [0.15, 0.2) is 0 Å². The highest BCUT2D eigenvalue weighted by molar-refractivity contribution is 7.13. The zero-order chi connectivity index (χ0) is 7.72. The number of hydrogen-bond acceptors (Lipinski definition) is 1. The van der Waals surface area contributed by atoms with Crippen molar-refractivity contribution in [3.63, 3.8) is 0 Å². The Bertz CT molecular complexity index is 241. The Morgan fingerprint density at radius 1 is 1.30 bits per heavy atom. The Hall–Kier alpha value is 0.570. The second kappa shape index (κ2) is 3.31. The molecule has 0 aromatic carbocycles. The van der Waals surface area contributed by atoms with E-state index in [2.05, 4.69) is 0 Å². The first-order chi connectivity index (χ1) is 4.66. The fourth-order valence-corrected chi connectivity index (χ4v) is 2.48. The van der Waals surface area contributed by atoms with Crippen LogP contribution in [0.5, 0.6) is 0 Å². The molecule has 0 atom stereocenters. The van der Waals surface area contributed by atoms with E-state index in [1.165, 1.54) is 0 Å². The van der Waals surface area contributed by atoms with Gasteiger partial charge in [-0.05, 0) is 6.92 Å². The van der Waals surface area contributed by atoms with Crippen molar-refractivity contribution < 1.29 is 0 Å². The summed E-state index contributed by atoms with van der Waals surface area (Å²) in [4.78, 5) is 1.98. The molecule has 0 amide bonds. The Morgan fingerprint density at radius 3 is 2.10 bits per heavy atom. The van der Waals surface area contributed by atoms with E-state index < -0.39 is 0 Å². The van der Waals surface area contributed by atoms with Crippen LogP contribution in [0.2, 0.25) is 10.0 Å². The maximum atomic E-state index is 5.81. The van der Waals surface area contributed by atoms with Crippen molar-refractivity contribution in [1.29, 1.82) is 0 Å². The number of halogens is 3. The lowest BCUT2D eigenvalue weighted by Gasteiger charge is -1.86. The molecule has 1 heterocycles. The Morgan fingerprint density at radius 2 is 1.90 bits per heavy atom. The van der Waals surface area contributed by atoms with E-state index in [0.29, 0.717) is 15.9 Å². The highest BCUT2D eigenvalue weighted by Gasteiger charge is 2.10. The molecular formula is C6H5Cl3S.